The third-order valence-corrected chi connectivity index (χ3v) is 7.04. The number of alkyl halides is 3. The standard InChI is InChI=1S/C23H32N4O4.C2HF3O2/c1-31-20-3-2-18(15-19(20)27-13-8-21(28)25-23(27)30)22(29)26-11-6-17(7-12-26)14-16-4-9-24-10-5-16;3-2(4,5)1(6)7/h2-3,15-17,24H,4-14H2,1H3,(H,25,28,30);(H,6,7). The maximum atomic E-state index is 13.2. The normalized spacial score (nSPS) is 19.4. The molecule has 38 heavy (non-hydrogen) atoms. The minimum Gasteiger partial charge on any atom is -0.495 e. The first-order chi connectivity index (χ1) is 18.0. The molecule has 0 aromatic heterocycles. The predicted octanol–water partition coefficient (Wildman–Crippen LogP) is 3.02. The van der Waals surface area contributed by atoms with Crippen LogP contribution in [0, 0.1) is 11.8 Å². The van der Waals surface area contributed by atoms with Crippen molar-refractivity contribution in [3.63, 3.8) is 0 Å². The van der Waals surface area contributed by atoms with Gasteiger partial charge in [-0.3, -0.25) is 19.8 Å². The summed E-state index contributed by atoms with van der Waals surface area (Å²) >= 11 is 0. The molecule has 0 spiro atoms. The van der Waals surface area contributed by atoms with Crippen molar-refractivity contribution in [2.24, 2.45) is 11.8 Å². The number of halogens is 3. The number of nitrogens with zero attached hydrogens (tertiary/aromatic N) is 2. The number of carboxylic acid groups (broad SMARTS) is 1. The van der Waals surface area contributed by atoms with Crippen molar-refractivity contribution >= 4 is 29.5 Å². The monoisotopic (exact) mass is 542 g/mol. The summed E-state index contributed by atoms with van der Waals surface area (Å²) in [7, 11) is 1.53. The van der Waals surface area contributed by atoms with E-state index in [0.29, 0.717) is 22.9 Å². The van der Waals surface area contributed by atoms with Crippen LogP contribution in [0.2, 0.25) is 0 Å². The lowest BCUT2D eigenvalue weighted by Crippen LogP contribution is -2.49. The molecule has 4 amide bonds. The van der Waals surface area contributed by atoms with Crippen LogP contribution in [0.5, 0.6) is 5.75 Å². The third-order valence-electron chi connectivity index (χ3n) is 7.04. The molecule has 3 heterocycles. The van der Waals surface area contributed by atoms with E-state index < -0.39 is 18.2 Å². The highest BCUT2D eigenvalue weighted by Gasteiger charge is 2.38. The number of imide groups is 1. The molecule has 0 atom stereocenters. The number of rotatable bonds is 5. The molecular formula is C25H33F3N4O6. The van der Waals surface area contributed by atoms with E-state index in [0.717, 1.165) is 44.9 Å². The zero-order valence-corrected chi connectivity index (χ0v) is 21.2. The number of carbonyl (C=O) groups excluding carboxylic acids is 3. The summed E-state index contributed by atoms with van der Waals surface area (Å²) in [5, 5.41) is 12.9. The first-order valence-electron chi connectivity index (χ1n) is 12.6. The van der Waals surface area contributed by atoms with E-state index in [1.54, 1.807) is 18.2 Å². The van der Waals surface area contributed by atoms with Crippen LogP contribution in [-0.2, 0) is 9.59 Å². The van der Waals surface area contributed by atoms with Crippen molar-refractivity contribution < 1.29 is 42.2 Å². The molecule has 10 nitrogen and oxygen atoms in total. The van der Waals surface area contributed by atoms with Crippen LogP contribution >= 0.6 is 0 Å². The first-order valence-corrected chi connectivity index (χ1v) is 12.6. The zero-order chi connectivity index (χ0) is 27.9. The highest BCUT2D eigenvalue weighted by atomic mass is 19.4. The number of nitrogens with one attached hydrogen (secondary N) is 2. The number of benzene rings is 1. The number of hydrogen-bond donors (Lipinski definition) is 3. The molecule has 4 rings (SSSR count). The Morgan fingerprint density at radius 1 is 1.05 bits per heavy atom. The summed E-state index contributed by atoms with van der Waals surface area (Å²) < 4.78 is 37.1. The van der Waals surface area contributed by atoms with Gasteiger partial charge in [0.1, 0.15) is 5.75 Å². The predicted molar refractivity (Wildman–Crippen MR) is 131 cm³/mol. The lowest BCUT2D eigenvalue weighted by Gasteiger charge is -2.35. The van der Waals surface area contributed by atoms with Crippen molar-refractivity contribution in [3.05, 3.63) is 23.8 Å². The molecule has 1 aromatic carbocycles. The van der Waals surface area contributed by atoms with E-state index in [2.05, 4.69) is 10.6 Å². The molecule has 3 aliphatic heterocycles. The Hall–Kier alpha value is -3.35. The maximum Gasteiger partial charge on any atom is 0.490 e. The molecule has 13 heteroatoms. The van der Waals surface area contributed by atoms with Gasteiger partial charge in [-0.25, -0.2) is 9.59 Å². The molecule has 0 aliphatic carbocycles. The minimum absolute atomic E-state index is 0.0160. The number of carbonyl (C=O) groups is 4. The van der Waals surface area contributed by atoms with Crippen LogP contribution in [0.4, 0.5) is 23.7 Å². The fourth-order valence-corrected chi connectivity index (χ4v) is 4.97. The number of hydrogen-bond acceptors (Lipinski definition) is 6. The van der Waals surface area contributed by atoms with Crippen molar-refractivity contribution in [2.75, 3.05) is 44.7 Å². The summed E-state index contributed by atoms with van der Waals surface area (Å²) in [5.74, 6) is -1.04. The molecular weight excluding hydrogens is 509 g/mol. The Labute approximate surface area is 218 Å². The molecule has 210 valence electrons. The van der Waals surface area contributed by atoms with Crippen LogP contribution in [-0.4, -0.2) is 79.8 Å². The number of methoxy groups -OCH3 is 1. The number of likely N-dealkylation sites (tertiary alicyclic amines) is 1. The SMILES string of the molecule is COc1ccc(C(=O)N2CCC(CC3CCNCC3)CC2)cc1N1CCC(=O)NC1=O.O=C(O)C(F)(F)F. The van der Waals surface area contributed by atoms with Gasteiger partial charge in [-0.1, -0.05) is 0 Å². The van der Waals surface area contributed by atoms with Crippen LogP contribution in [0.25, 0.3) is 0 Å². The number of aliphatic carboxylic acids is 1. The number of carboxylic acids is 1. The second-order valence-corrected chi connectivity index (χ2v) is 9.61. The summed E-state index contributed by atoms with van der Waals surface area (Å²) in [4.78, 5) is 49.2. The molecule has 3 fully saturated rings. The zero-order valence-electron chi connectivity index (χ0n) is 21.2. The van der Waals surface area contributed by atoms with Gasteiger partial charge in [-0.05, 0) is 75.2 Å². The lowest BCUT2D eigenvalue weighted by atomic mass is 9.83. The molecule has 0 bridgehead atoms. The van der Waals surface area contributed by atoms with Crippen molar-refractivity contribution in [2.45, 2.75) is 44.7 Å². The summed E-state index contributed by atoms with van der Waals surface area (Å²) in [6.45, 7) is 4.07. The van der Waals surface area contributed by atoms with Crippen LogP contribution in [0.15, 0.2) is 18.2 Å². The first kappa shape index (κ1) is 29.2. The van der Waals surface area contributed by atoms with E-state index in [1.165, 1.54) is 31.3 Å². The molecule has 3 saturated heterocycles. The Kier molecular flexibility index (Phi) is 9.95. The van der Waals surface area contributed by atoms with Gasteiger partial charge in [0.2, 0.25) is 5.91 Å². The quantitative estimate of drug-likeness (QED) is 0.522. The van der Waals surface area contributed by atoms with E-state index in [4.69, 9.17) is 14.6 Å². The summed E-state index contributed by atoms with van der Waals surface area (Å²) in [6.07, 6.45) is 1.05. The molecule has 0 radical (unpaired) electrons. The van der Waals surface area contributed by atoms with Crippen LogP contribution < -0.4 is 20.3 Å². The Morgan fingerprint density at radius 3 is 2.21 bits per heavy atom. The van der Waals surface area contributed by atoms with Gasteiger partial charge in [0.25, 0.3) is 5.91 Å². The highest BCUT2D eigenvalue weighted by molar-refractivity contribution is 6.07. The lowest BCUT2D eigenvalue weighted by molar-refractivity contribution is -0.192. The average Bonchev–Trinajstić information content (AvgIpc) is 2.89. The fourth-order valence-electron chi connectivity index (χ4n) is 4.97. The van der Waals surface area contributed by atoms with Crippen molar-refractivity contribution in [3.8, 4) is 5.75 Å². The number of ether oxygens (including phenoxy) is 1. The van der Waals surface area contributed by atoms with Gasteiger partial charge in [0.05, 0.1) is 12.8 Å². The second kappa shape index (κ2) is 12.9. The highest BCUT2D eigenvalue weighted by Crippen LogP contribution is 2.33. The maximum absolute atomic E-state index is 13.2. The van der Waals surface area contributed by atoms with Gasteiger partial charge in [0.15, 0.2) is 0 Å². The third kappa shape index (κ3) is 7.83. The van der Waals surface area contributed by atoms with E-state index in [-0.39, 0.29) is 24.8 Å². The Balaban J connectivity index is 0.000000505. The van der Waals surface area contributed by atoms with Crippen LogP contribution in [0.3, 0.4) is 0 Å². The van der Waals surface area contributed by atoms with E-state index >= 15 is 0 Å². The number of piperidine rings is 2. The number of anilines is 1. The molecule has 1 aromatic rings. The van der Waals surface area contributed by atoms with Gasteiger partial charge in [-0.15, -0.1) is 0 Å². The Bertz CT molecular complexity index is 1020. The fraction of sp³-hybridized carbons (Fsp3) is 0.600. The van der Waals surface area contributed by atoms with E-state index in [1.807, 2.05) is 4.90 Å². The summed E-state index contributed by atoms with van der Waals surface area (Å²) in [5.41, 5.74) is 1.05. The van der Waals surface area contributed by atoms with Gasteiger partial charge >= 0.3 is 18.2 Å². The molecule has 3 N–H and O–H groups in total. The van der Waals surface area contributed by atoms with Crippen molar-refractivity contribution in [1.82, 2.24) is 15.5 Å². The number of urea groups is 1. The van der Waals surface area contributed by atoms with E-state index in [9.17, 15) is 27.6 Å². The Morgan fingerprint density at radius 2 is 1.66 bits per heavy atom. The molecule has 0 saturated carbocycles. The van der Waals surface area contributed by atoms with Crippen LogP contribution in [0.1, 0.15) is 48.9 Å². The average molecular weight is 543 g/mol. The minimum atomic E-state index is -5.08. The summed E-state index contributed by atoms with van der Waals surface area (Å²) in [6, 6.07) is 4.69. The van der Waals surface area contributed by atoms with Gasteiger partial charge < -0.3 is 20.1 Å². The molecule has 0 unspecified atom stereocenters. The second-order valence-electron chi connectivity index (χ2n) is 9.61. The van der Waals surface area contributed by atoms with Crippen molar-refractivity contribution in [1.29, 1.82) is 0 Å². The topological polar surface area (TPSA) is 128 Å². The molecule has 3 aliphatic rings. The van der Waals surface area contributed by atoms with Gasteiger partial charge in [-0.2, -0.15) is 13.2 Å². The largest absolute Gasteiger partial charge is 0.495 e. The van der Waals surface area contributed by atoms with Gasteiger partial charge in [0, 0.05) is 31.6 Å². The smallest absolute Gasteiger partial charge is 0.490 e. The number of amides is 4.